The molecule has 0 spiro atoms. The summed E-state index contributed by atoms with van der Waals surface area (Å²) in [6.07, 6.45) is 3.87. The normalized spacial score (nSPS) is 27.4. The van der Waals surface area contributed by atoms with Crippen LogP contribution in [0.2, 0.25) is 0 Å². The van der Waals surface area contributed by atoms with Crippen molar-refractivity contribution in [2.45, 2.75) is 46.1 Å². The van der Waals surface area contributed by atoms with Gasteiger partial charge in [0, 0.05) is 12.6 Å². The summed E-state index contributed by atoms with van der Waals surface area (Å²) in [5.74, 6) is 1.33. The number of carbonyl (C=O) groups is 1. The summed E-state index contributed by atoms with van der Waals surface area (Å²) in [6, 6.07) is 0.612. The molecule has 0 heterocycles. The second kappa shape index (κ2) is 8.48. The number of rotatable bonds is 8. The second-order valence-corrected chi connectivity index (χ2v) is 5.02. The lowest BCUT2D eigenvalue weighted by Crippen LogP contribution is -2.35. The third-order valence-corrected chi connectivity index (χ3v) is 3.93. The quantitative estimate of drug-likeness (QED) is 0.533. The van der Waals surface area contributed by atoms with Gasteiger partial charge in [-0.25, -0.2) is 4.79 Å². The molecule has 4 nitrogen and oxygen atoms in total. The van der Waals surface area contributed by atoms with E-state index in [2.05, 4.69) is 19.2 Å². The summed E-state index contributed by atoms with van der Waals surface area (Å²) in [5.41, 5.74) is 0. The SMILES string of the molecule is CCOC(=O)COCCNC1CCC(CC)C1C. The van der Waals surface area contributed by atoms with E-state index in [4.69, 9.17) is 9.47 Å². The molecule has 3 unspecified atom stereocenters. The lowest BCUT2D eigenvalue weighted by atomic mass is 9.93. The molecule has 0 aromatic heterocycles. The lowest BCUT2D eigenvalue weighted by molar-refractivity contribution is -0.148. The van der Waals surface area contributed by atoms with Crippen molar-refractivity contribution in [1.82, 2.24) is 5.32 Å². The van der Waals surface area contributed by atoms with Gasteiger partial charge in [-0.15, -0.1) is 0 Å². The molecule has 4 heteroatoms. The van der Waals surface area contributed by atoms with Crippen molar-refractivity contribution in [1.29, 1.82) is 0 Å². The van der Waals surface area contributed by atoms with Crippen molar-refractivity contribution in [3.63, 3.8) is 0 Å². The second-order valence-electron chi connectivity index (χ2n) is 5.02. The van der Waals surface area contributed by atoms with E-state index < -0.39 is 0 Å². The fourth-order valence-electron chi connectivity index (χ4n) is 2.79. The maximum Gasteiger partial charge on any atom is 0.332 e. The van der Waals surface area contributed by atoms with Crippen molar-refractivity contribution in [3.05, 3.63) is 0 Å². The predicted octanol–water partition coefficient (Wildman–Crippen LogP) is 1.98. The van der Waals surface area contributed by atoms with E-state index >= 15 is 0 Å². The third-order valence-electron chi connectivity index (χ3n) is 3.93. The molecular formula is C14H27NO3. The Morgan fingerprint density at radius 2 is 2.11 bits per heavy atom. The molecule has 0 aliphatic heterocycles. The van der Waals surface area contributed by atoms with Gasteiger partial charge in [0.2, 0.25) is 0 Å². The highest BCUT2D eigenvalue weighted by Gasteiger charge is 2.30. The van der Waals surface area contributed by atoms with Crippen LogP contribution in [0.15, 0.2) is 0 Å². The van der Waals surface area contributed by atoms with Crippen LogP contribution in [0.25, 0.3) is 0 Å². The fourth-order valence-corrected chi connectivity index (χ4v) is 2.79. The van der Waals surface area contributed by atoms with Crippen LogP contribution in [0, 0.1) is 11.8 Å². The molecule has 0 amide bonds. The Labute approximate surface area is 110 Å². The van der Waals surface area contributed by atoms with Crippen molar-refractivity contribution in [3.8, 4) is 0 Å². The molecule has 1 aliphatic carbocycles. The van der Waals surface area contributed by atoms with Gasteiger partial charge in [0.1, 0.15) is 6.61 Å². The molecule has 1 N–H and O–H groups in total. The summed E-state index contributed by atoms with van der Waals surface area (Å²) in [7, 11) is 0. The van der Waals surface area contributed by atoms with Gasteiger partial charge in [-0.05, 0) is 31.6 Å². The van der Waals surface area contributed by atoms with Gasteiger partial charge >= 0.3 is 5.97 Å². The van der Waals surface area contributed by atoms with E-state index in [0.717, 1.165) is 18.4 Å². The predicted molar refractivity (Wildman–Crippen MR) is 71.4 cm³/mol. The highest BCUT2D eigenvalue weighted by atomic mass is 16.6. The minimum Gasteiger partial charge on any atom is -0.464 e. The van der Waals surface area contributed by atoms with Gasteiger partial charge in [0.25, 0.3) is 0 Å². The summed E-state index contributed by atoms with van der Waals surface area (Å²) >= 11 is 0. The average molecular weight is 257 g/mol. The lowest BCUT2D eigenvalue weighted by Gasteiger charge is -2.20. The zero-order valence-corrected chi connectivity index (χ0v) is 11.9. The summed E-state index contributed by atoms with van der Waals surface area (Å²) in [5, 5.41) is 3.52. The Morgan fingerprint density at radius 1 is 1.33 bits per heavy atom. The van der Waals surface area contributed by atoms with Crippen LogP contribution < -0.4 is 5.32 Å². The minimum atomic E-state index is -0.280. The molecule has 1 aliphatic rings. The van der Waals surface area contributed by atoms with E-state index in [1.807, 2.05) is 0 Å². The van der Waals surface area contributed by atoms with Gasteiger partial charge < -0.3 is 14.8 Å². The number of hydrogen-bond donors (Lipinski definition) is 1. The van der Waals surface area contributed by atoms with Crippen LogP contribution >= 0.6 is 0 Å². The molecule has 18 heavy (non-hydrogen) atoms. The zero-order chi connectivity index (χ0) is 13.4. The smallest absolute Gasteiger partial charge is 0.332 e. The Bertz CT molecular complexity index is 245. The number of hydrogen-bond acceptors (Lipinski definition) is 4. The molecule has 1 saturated carbocycles. The van der Waals surface area contributed by atoms with Crippen molar-refractivity contribution in [2.24, 2.45) is 11.8 Å². The first-order valence-electron chi connectivity index (χ1n) is 7.15. The third kappa shape index (κ3) is 4.94. The van der Waals surface area contributed by atoms with Crippen molar-refractivity contribution in [2.75, 3.05) is 26.4 Å². The monoisotopic (exact) mass is 257 g/mol. The Kier molecular flexibility index (Phi) is 7.28. The van der Waals surface area contributed by atoms with Gasteiger partial charge in [0.05, 0.1) is 13.2 Å². The molecule has 1 rings (SSSR count). The van der Waals surface area contributed by atoms with Crippen LogP contribution in [0.1, 0.15) is 40.0 Å². The molecule has 0 radical (unpaired) electrons. The van der Waals surface area contributed by atoms with Crippen molar-refractivity contribution < 1.29 is 14.3 Å². The Hall–Kier alpha value is -0.610. The maximum atomic E-state index is 11.0. The highest BCUT2D eigenvalue weighted by molar-refractivity contribution is 5.70. The first kappa shape index (κ1) is 15.4. The van der Waals surface area contributed by atoms with Crippen molar-refractivity contribution >= 4 is 5.97 Å². The minimum absolute atomic E-state index is 0.0628. The fraction of sp³-hybridized carbons (Fsp3) is 0.929. The van der Waals surface area contributed by atoms with E-state index in [1.165, 1.54) is 19.3 Å². The molecule has 0 saturated heterocycles. The van der Waals surface area contributed by atoms with Gasteiger partial charge in [0.15, 0.2) is 0 Å². The highest BCUT2D eigenvalue weighted by Crippen LogP contribution is 2.33. The van der Waals surface area contributed by atoms with Crippen LogP contribution in [-0.2, 0) is 14.3 Å². The van der Waals surface area contributed by atoms with Crippen LogP contribution in [0.5, 0.6) is 0 Å². The molecule has 0 bridgehead atoms. The van der Waals surface area contributed by atoms with E-state index in [0.29, 0.717) is 19.3 Å². The molecule has 0 aromatic rings. The topological polar surface area (TPSA) is 47.6 Å². The summed E-state index contributed by atoms with van der Waals surface area (Å²) in [6.45, 7) is 8.25. The number of carbonyl (C=O) groups excluding carboxylic acids is 1. The largest absolute Gasteiger partial charge is 0.464 e. The average Bonchev–Trinajstić information content (AvgIpc) is 2.70. The first-order valence-corrected chi connectivity index (χ1v) is 7.15. The van der Waals surface area contributed by atoms with Crippen LogP contribution in [-0.4, -0.2) is 38.4 Å². The zero-order valence-electron chi connectivity index (χ0n) is 11.9. The molecule has 1 fully saturated rings. The Balaban J connectivity index is 2.03. The Morgan fingerprint density at radius 3 is 2.72 bits per heavy atom. The number of nitrogens with one attached hydrogen (secondary N) is 1. The van der Waals surface area contributed by atoms with Gasteiger partial charge in [-0.1, -0.05) is 20.3 Å². The summed E-state index contributed by atoms with van der Waals surface area (Å²) < 4.78 is 10.0. The van der Waals surface area contributed by atoms with Gasteiger partial charge in [-0.3, -0.25) is 0 Å². The van der Waals surface area contributed by atoms with E-state index in [-0.39, 0.29) is 12.6 Å². The van der Waals surface area contributed by atoms with E-state index in [9.17, 15) is 4.79 Å². The van der Waals surface area contributed by atoms with Crippen LogP contribution in [0.3, 0.4) is 0 Å². The molecular weight excluding hydrogens is 230 g/mol. The molecule has 3 atom stereocenters. The van der Waals surface area contributed by atoms with E-state index in [1.54, 1.807) is 6.92 Å². The number of esters is 1. The van der Waals surface area contributed by atoms with Gasteiger partial charge in [-0.2, -0.15) is 0 Å². The van der Waals surface area contributed by atoms with Crippen LogP contribution in [0.4, 0.5) is 0 Å². The molecule has 106 valence electrons. The maximum absolute atomic E-state index is 11.0. The first-order chi connectivity index (χ1) is 8.69. The number of ether oxygens (including phenoxy) is 2. The summed E-state index contributed by atoms with van der Waals surface area (Å²) in [4.78, 5) is 11.0. The molecule has 0 aromatic carbocycles. The standard InChI is InChI=1S/C14H27NO3/c1-4-12-6-7-13(11(12)3)15-8-9-17-10-14(16)18-5-2/h11-13,15H,4-10H2,1-3H3.